The maximum Gasteiger partial charge on any atom is 0.230 e. The highest BCUT2D eigenvalue weighted by molar-refractivity contribution is 7.99. The van der Waals surface area contributed by atoms with Crippen molar-refractivity contribution in [3.8, 4) is 0 Å². The van der Waals surface area contributed by atoms with E-state index in [0.29, 0.717) is 18.9 Å². The van der Waals surface area contributed by atoms with Crippen LogP contribution >= 0.6 is 11.8 Å². The topological polar surface area (TPSA) is 69.0 Å². The van der Waals surface area contributed by atoms with Gasteiger partial charge in [0.05, 0.1) is 12.4 Å². The molecule has 6 nitrogen and oxygen atoms in total. The minimum Gasteiger partial charge on any atom is -0.383 e. The van der Waals surface area contributed by atoms with Crippen LogP contribution in [0.2, 0.25) is 0 Å². The Kier molecular flexibility index (Phi) is 8.24. The van der Waals surface area contributed by atoms with E-state index in [-0.39, 0.29) is 5.91 Å². The normalized spacial score (nSPS) is 10.6. The van der Waals surface area contributed by atoms with Crippen LogP contribution in [0.1, 0.15) is 26.2 Å². The standard InChI is InChI=1S/C12H22N4O2S/c1-3-4-5-6-13-11(17)9-19-12-15-14-10-16(12)7-8-18-2/h10H,3-9H2,1-2H3,(H,13,17). The lowest BCUT2D eigenvalue weighted by Gasteiger charge is -2.06. The van der Waals surface area contributed by atoms with Gasteiger partial charge in [-0.15, -0.1) is 10.2 Å². The van der Waals surface area contributed by atoms with E-state index in [1.54, 1.807) is 13.4 Å². The Bertz CT molecular complexity index is 370. The third-order valence-electron chi connectivity index (χ3n) is 2.55. The highest BCUT2D eigenvalue weighted by Gasteiger charge is 2.08. The van der Waals surface area contributed by atoms with Gasteiger partial charge in [-0.05, 0) is 6.42 Å². The molecular formula is C12H22N4O2S. The van der Waals surface area contributed by atoms with Gasteiger partial charge in [-0.2, -0.15) is 0 Å². The fourth-order valence-electron chi connectivity index (χ4n) is 1.48. The monoisotopic (exact) mass is 286 g/mol. The van der Waals surface area contributed by atoms with Crippen LogP contribution in [0.15, 0.2) is 11.5 Å². The minimum absolute atomic E-state index is 0.0439. The van der Waals surface area contributed by atoms with E-state index >= 15 is 0 Å². The van der Waals surface area contributed by atoms with Gasteiger partial charge in [0.1, 0.15) is 6.33 Å². The number of ether oxygens (including phenoxy) is 1. The maximum absolute atomic E-state index is 11.6. The minimum atomic E-state index is 0.0439. The number of aromatic nitrogens is 3. The molecule has 0 unspecified atom stereocenters. The number of rotatable bonds is 10. The van der Waals surface area contributed by atoms with Crippen molar-refractivity contribution in [2.45, 2.75) is 37.9 Å². The lowest BCUT2D eigenvalue weighted by Crippen LogP contribution is -2.26. The third kappa shape index (κ3) is 6.58. The Hall–Kier alpha value is -1.08. The van der Waals surface area contributed by atoms with E-state index in [9.17, 15) is 4.79 Å². The van der Waals surface area contributed by atoms with Gasteiger partial charge in [-0.1, -0.05) is 31.5 Å². The zero-order chi connectivity index (χ0) is 13.9. The Balaban J connectivity index is 2.24. The number of hydrogen-bond donors (Lipinski definition) is 1. The predicted octanol–water partition coefficient (Wildman–Crippen LogP) is 1.32. The summed E-state index contributed by atoms with van der Waals surface area (Å²) in [6.45, 7) is 4.20. The number of unbranched alkanes of at least 4 members (excludes halogenated alkanes) is 2. The molecular weight excluding hydrogens is 264 g/mol. The van der Waals surface area contributed by atoms with Crippen LogP contribution in [0.3, 0.4) is 0 Å². The Morgan fingerprint density at radius 3 is 3.11 bits per heavy atom. The molecule has 0 spiro atoms. The molecule has 108 valence electrons. The molecule has 1 N–H and O–H groups in total. The van der Waals surface area contributed by atoms with Gasteiger partial charge in [-0.3, -0.25) is 4.79 Å². The molecule has 1 amide bonds. The quantitative estimate of drug-likeness (QED) is 0.519. The lowest BCUT2D eigenvalue weighted by molar-refractivity contribution is -0.118. The molecule has 0 aliphatic rings. The van der Waals surface area contributed by atoms with Gasteiger partial charge in [0.15, 0.2) is 5.16 Å². The summed E-state index contributed by atoms with van der Waals surface area (Å²) in [5, 5.41) is 11.5. The van der Waals surface area contributed by atoms with Crippen molar-refractivity contribution < 1.29 is 9.53 Å². The largest absolute Gasteiger partial charge is 0.383 e. The number of carbonyl (C=O) groups is 1. The molecule has 0 aliphatic heterocycles. The molecule has 1 aromatic heterocycles. The zero-order valence-corrected chi connectivity index (χ0v) is 12.4. The number of amides is 1. The van der Waals surface area contributed by atoms with Gasteiger partial charge in [0.2, 0.25) is 5.91 Å². The highest BCUT2D eigenvalue weighted by Crippen LogP contribution is 2.13. The van der Waals surface area contributed by atoms with Crippen molar-refractivity contribution in [3.05, 3.63) is 6.33 Å². The van der Waals surface area contributed by atoms with E-state index in [4.69, 9.17) is 4.74 Å². The van der Waals surface area contributed by atoms with E-state index < -0.39 is 0 Å². The van der Waals surface area contributed by atoms with Crippen LogP contribution in [0.25, 0.3) is 0 Å². The SMILES string of the molecule is CCCCCNC(=O)CSc1nncn1CCOC. The van der Waals surface area contributed by atoms with E-state index in [1.165, 1.54) is 11.8 Å². The van der Waals surface area contributed by atoms with E-state index in [2.05, 4.69) is 22.4 Å². The molecule has 0 fully saturated rings. The van der Waals surface area contributed by atoms with Crippen molar-refractivity contribution in [1.29, 1.82) is 0 Å². The van der Waals surface area contributed by atoms with Gasteiger partial charge >= 0.3 is 0 Å². The zero-order valence-electron chi connectivity index (χ0n) is 11.6. The van der Waals surface area contributed by atoms with Crippen LogP contribution in [0.5, 0.6) is 0 Å². The molecule has 0 atom stereocenters. The van der Waals surface area contributed by atoms with Gasteiger partial charge in [0, 0.05) is 20.2 Å². The summed E-state index contributed by atoms with van der Waals surface area (Å²) in [7, 11) is 1.65. The highest BCUT2D eigenvalue weighted by atomic mass is 32.2. The van der Waals surface area contributed by atoms with E-state index in [1.807, 2.05) is 4.57 Å². The number of thioether (sulfide) groups is 1. The third-order valence-corrected chi connectivity index (χ3v) is 3.53. The second kappa shape index (κ2) is 9.80. The van der Waals surface area contributed by atoms with Crippen molar-refractivity contribution in [1.82, 2.24) is 20.1 Å². The summed E-state index contributed by atoms with van der Waals surface area (Å²) in [4.78, 5) is 11.6. The average molecular weight is 286 g/mol. The molecule has 1 rings (SSSR count). The molecule has 19 heavy (non-hydrogen) atoms. The van der Waals surface area contributed by atoms with Crippen molar-refractivity contribution >= 4 is 17.7 Å². The molecule has 0 aliphatic carbocycles. The second-order valence-corrected chi connectivity index (χ2v) is 5.09. The van der Waals surface area contributed by atoms with E-state index in [0.717, 1.165) is 31.0 Å². The molecule has 0 radical (unpaired) electrons. The molecule has 7 heteroatoms. The molecule has 1 heterocycles. The summed E-state index contributed by atoms with van der Waals surface area (Å²) in [6, 6.07) is 0. The first-order valence-electron chi connectivity index (χ1n) is 6.54. The number of carbonyl (C=O) groups excluding carboxylic acids is 1. The van der Waals surface area contributed by atoms with Gasteiger partial charge in [-0.25, -0.2) is 0 Å². The number of methoxy groups -OCH3 is 1. The molecule has 0 bridgehead atoms. The van der Waals surface area contributed by atoms with Crippen molar-refractivity contribution in [2.24, 2.45) is 0 Å². The first kappa shape index (κ1) is 16.0. The van der Waals surface area contributed by atoms with Crippen LogP contribution in [-0.2, 0) is 16.1 Å². The summed E-state index contributed by atoms with van der Waals surface area (Å²) >= 11 is 1.40. The summed E-state index contributed by atoms with van der Waals surface area (Å²) in [6.07, 6.45) is 5.00. The fraction of sp³-hybridized carbons (Fsp3) is 0.750. The Morgan fingerprint density at radius 2 is 2.37 bits per heavy atom. The Labute approximate surface area is 118 Å². The van der Waals surface area contributed by atoms with Crippen LogP contribution in [-0.4, -0.2) is 46.7 Å². The summed E-state index contributed by atoms with van der Waals surface area (Å²) in [5.74, 6) is 0.417. The summed E-state index contributed by atoms with van der Waals surface area (Å²) < 4.78 is 6.89. The Morgan fingerprint density at radius 1 is 1.53 bits per heavy atom. The molecule has 0 saturated heterocycles. The predicted molar refractivity (Wildman–Crippen MR) is 75.2 cm³/mol. The first-order chi connectivity index (χ1) is 9.27. The number of nitrogens with zero attached hydrogens (tertiary/aromatic N) is 3. The number of hydrogen-bond acceptors (Lipinski definition) is 5. The van der Waals surface area contributed by atoms with Crippen molar-refractivity contribution in [3.63, 3.8) is 0 Å². The molecule has 0 saturated carbocycles. The van der Waals surface area contributed by atoms with Crippen LogP contribution in [0, 0.1) is 0 Å². The average Bonchev–Trinajstić information content (AvgIpc) is 2.86. The van der Waals surface area contributed by atoms with Gasteiger partial charge in [0.25, 0.3) is 0 Å². The maximum atomic E-state index is 11.6. The van der Waals surface area contributed by atoms with Gasteiger partial charge < -0.3 is 14.6 Å². The lowest BCUT2D eigenvalue weighted by atomic mass is 10.2. The number of nitrogens with one attached hydrogen (secondary N) is 1. The molecule has 1 aromatic rings. The van der Waals surface area contributed by atoms with Crippen LogP contribution in [0.4, 0.5) is 0 Å². The fourth-order valence-corrected chi connectivity index (χ4v) is 2.25. The molecule has 0 aromatic carbocycles. The first-order valence-corrected chi connectivity index (χ1v) is 7.52. The van der Waals surface area contributed by atoms with Crippen molar-refractivity contribution in [2.75, 3.05) is 26.0 Å². The van der Waals surface area contributed by atoms with Crippen LogP contribution < -0.4 is 5.32 Å². The smallest absolute Gasteiger partial charge is 0.230 e. The second-order valence-electron chi connectivity index (χ2n) is 4.15. The summed E-state index contributed by atoms with van der Waals surface area (Å²) in [5.41, 5.74) is 0.